The van der Waals surface area contributed by atoms with E-state index in [1.54, 1.807) is 54.6 Å². The number of amides is 2. The first kappa shape index (κ1) is 41.7. The van der Waals surface area contributed by atoms with Crippen LogP contribution in [0.5, 0.6) is 0 Å². The molecule has 9 nitrogen and oxygen atoms in total. The first-order valence-electron chi connectivity index (χ1n) is 22.3. The van der Waals surface area contributed by atoms with Crippen LogP contribution in [0.15, 0.2) is 237 Å². The second kappa shape index (κ2) is 21.4. The van der Waals surface area contributed by atoms with Crippen LogP contribution in [-0.4, -0.2) is 31.8 Å². The van der Waals surface area contributed by atoms with Crippen LogP contribution in [0, 0.1) is 0 Å². The number of carbonyl (C=O) groups is 2. The van der Waals surface area contributed by atoms with Gasteiger partial charge in [-0.1, -0.05) is 182 Å². The third kappa shape index (κ3) is 11.1. The number of hydrogen-bond donors (Lipinski definition) is 3. The summed E-state index contributed by atoms with van der Waals surface area (Å²) in [5.74, 6) is -0.112. The highest BCUT2D eigenvalue weighted by molar-refractivity contribution is 6.10. The van der Waals surface area contributed by atoms with Gasteiger partial charge in [0.25, 0.3) is 0 Å². The molecule has 0 atom stereocenters. The summed E-state index contributed by atoms with van der Waals surface area (Å²) in [6.07, 6.45) is 1.88. The molecule has 0 aliphatic rings. The maximum absolute atomic E-state index is 10.4. The van der Waals surface area contributed by atoms with Gasteiger partial charge in [-0.25, -0.2) is 19.9 Å². The average molecular weight is 874 g/mol. The zero-order valence-corrected chi connectivity index (χ0v) is 36.2. The number of nitrogens with two attached hydrogens (primary N) is 3. The molecular formula is C58H45N7O2. The Hall–Kier alpha value is -9.34. The number of anilines is 1. The van der Waals surface area contributed by atoms with Gasteiger partial charge in [0.15, 0.2) is 5.82 Å². The molecular weight excluding hydrogens is 827 g/mol. The van der Waals surface area contributed by atoms with Gasteiger partial charge in [-0.2, -0.15) is 0 Å². The molecule has 2 amide bonds. The second-order valence-corrected chi connectivity index (χ2v) is 15.0. The molecule has 67 heavy (non-hydrogen) atoms. The number of para-hydroxylation sites is 1. The monoisotopic (exact) mass is 873 g/mol. The van der Waals surface area contributed by atoms with Crippen molar-refractivity contribution in [2.24, 2.45) is 11.5 Å². The standard InChI is InChI=1S/C29H19N3.C15H12N2.2C7H7NO/c1-4-10-20(11-5-1)24-18-23-16-17-26(21-12-6-2-7-13-21)31-27(23)28-25(24)19-30-29(32-28)22-14-8-3-9-15-22;16-13-8-4-7-12-9-10-14(17-15(12)13)11-5-2-1-3-6-11;2*8-7(9)6-4-2-1-3-5-6/h1-19H;1-10H,16H2;2*1-5H,(H2,8,9)/i16D;9D;;. The van der Waals surface area contributed by atoms with Crippen molar-refractivity contribution >= 4 is 50.2 Å². The number of fused-ring (bicyclic) bond motifs is 4. The smallest absolute Gasteiger partial charge is 0.248 e. The van der Waals surface area contributed by atoms with Gasteiger partial charge >= 0.3 is 0 Å². The molecule has 6 N–H and O–H groups in total. The summed E-state index contributed by atoms with van der Waals surface area (Å²) in [7, 11) is 0. The van der Waals surface area contributed by atoms with E-state index in [1.165, 1.54) is 0 Å². The normalized spacial score (nSPS) is 10.8. The van der Waals surface area contributed by atoms with Crippen molar-refractivity contribution in [3.63, 3.8) is 0 Å². The van der Waals surface area contributed by atoms with Crippen LogP contribution in [0.3, 0.4) is 0 Å². The summed E-state index contributed by atoms with van der Waals surface area (Å²) in [6, 6.07) is 69.5. The molecule has 9 heteroatoms. The van der Waals surface area contributed by atoms with E-state index in [1.807, 2.05) is 158 Å². The minimum atomic E-state index is -0.379. The largest absolute Gasteiger partial charge is 0.397 e. The highest BCUT2D eigenvalue weighted by Gasteiger charge is 2.14. The van der Waals surface area contributed by atoms with Crippen molar-refractivity contribution in [2.45, 2.75) is 0 Å². The van der Waals surface area contributed by atoms with E-state index < -0.39 is 0 Å². The van der Waals surface area contributed by atoms with Crippen molar-refractivity contribution in [3.05, 3.63) is 248 Å². The molecule has 0 bridgehead atoms. The second-order valence-electron chi connectivity index (χ2n) is 15.0. The van der Waals surface area contributed by atoms with Crippen molar-refractivity contribution in [3.8, 4) is 45.0 Å². The molecule has 3 heterocycles. The number of rotatable bonds is 6. The van der Waals surface area contributed by atoms with Crippen molar-refractivity contribution < 1.29 is 12.3 Å². The van der Waals surface area contributed by atoms with Gasteiger partial charge in [0, 0.05) is 50.2 Å². The molecule has 0 aliphatic heterocycles. The van der Waals surface area contributed by atoms with Crippen LogP contribution in [0.2, 0.25) is 0 Å². The highest BCUT2D eigenvalue weighted by atomic mass is 16.1. The summed E-state index contributed by atoms with van der Waals surface area (Å²) in [6.45, 7) is 0. The van der Waals surface area contributed by atoms with E-state index in [9.17, 15) is 9.59 Å². The summed E-state index contributed by atoms with van der Waals surface area (Å²) < 4.78 is 16.9. The van der Waals surface area contributed by atoms with Crippen molar-refractivity contribution in [1.82, 2.24) is 19.9 Å². The molecule has 324 valence electrons. The van der Waals surface area contributed by atoms with Gasteiger partial charge in [-0.15, -0.1) is 0 Å². The van der Waals surface area contributed by atoms with Gasteiger partial charge in [-0.3, -0.25) is 9.59 Å². The van der Waals surface area contributed by atoms with Crippen molar-refractivity contribution in [1.29, 1.82) is 0 Å². The number of carbonyl (C=O) groups excluding carboxylic acids is 2. The SMILES string of the molecule is NC(=O)c1ccccc1.NC(=O)c1ccccc1.[2H]c1cc(-c2ccccc2)nc2c(N)cccc12.[2H]c1cc(-c2ccccc2)nc2c1cc(-c1ccccc1)c1cnc(-c3ccccc3)nc12. The number of benzene rings is 8. The Morgan fingerprint density at radius 1 is 0.418 bits per heavy atom. The first-order valence-corrected chi connectivity index (χ1v) is 21.3. The Morgan fingerprint density at radius 2 is 0.851 bits per heavy atom. The summed E-state index contributed by atoms with van der Waals surface area (Å²) in [5, 5.41) is 2.49. The fraction of sp³-hybridized carbons (Fsp3) is 0. The summed E-state index contributed by atoms with van der Waals surface area (Å²) >= 11 is 0. The van der Waals surface area contributed by atoms with E-state index in [4.69, 9.17) is 29.9 Å². The highest BCUT2D eigenvalue weighted by Crippen LogP contribution is 2.35. The fourth-order valence-electron chi connectivity index (χ4n) is 7.10. The Balaban J connectivity index is 0.000000148. The molecule has 3 aromatic heterocycles. The molecule has 8 aromatic carbocycles. The summed E-state index contributed by atoms with van der Waals surface area (Å²) in [4.78, 5) is 40.1. The van der Waals surface area contributed by atoms with Crippen LogP contribution in [-0.2, 0) is 0 Å². The number of hydrogen-bond acceptors (Lipinski definition) is 7. The lowest BCUT2D eigenvalue weighted by atomic mass is 9.98. The van der Waals surface area contributed by atoms with E-state index in [0.717, 1.165) is 66.4 Å². The van der Waals surface area contributed by atoms with Crippen LogP contribution in [0.4, 0.5) is 5.69 Å². The topological polar surface area (TPSA) is 164 Å². The van der Waals surface area contributed by atoms with E-state index >= 15 is 0 Å². The quantitative estimate of drug-likeness (QED) is 0.111. The Kier molecular flexibility index (Phi) is 13.3. The van der Waals surface area contributed by atoms with Gasteiger partial charge < -0.3 is 17.2 Å². The molecule has 0 unspecified atom stereocenters. The molecule has 11 aromatic rings. The number of nitrogens with zero attached hydrogens (tertiary/aromatic N) is 4. The van der Waals surface area contributed by atoms with Crippen LogP contribution in [0.25, 0.3) is 77.7 Å². The third-order valence-corrected chi connectivity index (χ3v) is 10.5. The maximum Gasteiger partial charge on any atom is 0.248 e. The van der Waals surface area contributed by atoms with Gasteiger partial charge in [-0.05, 0) is 59.7 Å². The Labute approximate surface area is 391 Å². The van der Waals surface area contributed by atoms with Crippen LogP contribution in [0.1, 0.15) is 23.5 Å². The minimum absolute atomic E-state index is 0.379. The van der Waals surface area contributed by atoms with Crippen LogP contribution >= 0.6 is 0 Å². The molecule has 0 radical (unpaired) electrons. The molecule has 0 spiro atoms. The van der Waals surface area contributed by atoms with Gasteiger partial charge in [0.2, 0.25) is 11.8 Å². The van der Waals surface area contributed by atoms with E-state index in [0.29, 0.717) is 40.2 Å². The fourth-order valence-corrected chi connectivity index (χ4v) is 7.10. The lowest BCUT2D eigenvalue weighted by Crippen LogP contribution is -2.09. The number of primary amides is 2. The third-order valence-electron chi connectivity index (χ3n) is 10.5. The number of nitrogen functional groups attached to an aromatic ring is 1. The predicted octanol–water partition coefficient (Wildman–Crippen LogP) is 12.2. The molecule has 0 fully saturated rings. The molecule has 11 rings (SSSR count). The average Bonchev–Trinajstić information content (AvgIpc) is 3.40. The Morgan fingerprint density at radius 3 is 1.33 bits per heavy atom. The number of aromatic nitrogens is 4. The number of pyridine rings is 2. The van der Waals surface area contributed by atoms with E-state index in [2.05, 4.69) is 22.1 Å². The lowest BCUT2D eigenvalue weighted by molar-refractivity contribution is 0.0992. The van der Waals surface area contributed by atoms with Crippen molar-refractivity contribution in [2.75, 3.05) is 5.73 Å². The first-order chi connectivity index (χ1) is 33.6. The van der Waals surface area contributed by atoms with Gasteiger partial charge in [0.1, 0.15) is 5.52 Å². The minimum Gasteiger partial charge on any atom is -0.397 e. The molecule has 0 aliphatic carbocycles. The zero-order chi connectivity index (χ0) is 48.1. The zero-order valence-electron chi connectivity index (χ0n) is 38.2. The lowest BCUT2D eigenvalue weighted by Gasteiger charge is -2.12. The van der Waals surface area contributed by atoms with Gasteiger partial charge in [0.05, 0.1) is 30.9 Å². The Bertz CT molecular complexity index is 3470. The van der Waals surface area contributed by atoms with Crippen LogP contribution < -0.4 is 17.2 Å². The maximum atomic E-state index is 10.4. The molecule has 0 saturated carbocycles. The van der Waals surface area contributed by atoms with E-state index in [-0.39, 0.29) is 11.8 Å². The molecule has 0 saturated heterocycles. The predicted molar refractivity (Wildman–Crippen MR) is 273 cm³/mol. The summed E-state index contributed by atoms with van der Waals surface area (Å²) in [5.41, 5.74) is 26.3.